The van der Waals surface area contributed by atoms with Crippen LogP contribution in [-0.2, 0) is 23.2 Å². The van der Waals surface area contributed by atoms with E-state index in [0.29, 0.717) is 36.8 Å². The SMILES string of the molecule is COCc1cccc(C(=O)N2C[C@H](CC(=O)O)[C@H](c3cn(C)nn3)C2)n1. The van der Waals surface area contributed by atoms with E-state index in [1.54, 1.807) is 48.1 Å². The predicted octanol–water partition coefficient (Wildman–Crippen LogP) is 0.687. The molecule has 1 fully saturated rings. The average Bonchev–Trinajstić information content (AvgIpc) is 3.20. The number of pyridine rings is 1. The third-order valence-electron chi connectivity index (χ3n) is 4.48. The molecule has 0 unspecified atom stereocenters. The number of hydrogen-bond acceptors (Lipinski definition) is 6. The number of carbonyl (C=O) groups excluding carboxylic acids is 1. The monoisotopic (exact) mass is 359 g/mol. The Morgan fingerprint density at radius 3 is 2.81 bits per heavy atom. The van der Waals surface area contributed by atoms with E-state index < -0.39 is 5.97 Å². The number of nitrogens with zero attached hydrogens (tertiary/aromatic N) is 5. The van der Waals surface area contributed by atoms with Crippen LogP contribution < -0.4 is 0 Å². The van der Waals surface area contributed by atoms with Crippen molar-refractivity contribution in [2.75, 3.05) is 20.2 Å². The minimum atomic E-state index is -0.890. The number of amides is 1. The van der Waals surface area contributed by atoms with Crippen molar-refractivity contribution in [2.45, 2.75) is 18.9 Å². The fraction of sp³-hybridized carbons (Fsp3) is 0.471. The molecule has 9 nitrogen and oxygen atoms in total. The maximum absolute atomic E-state index is 12.9. The van der Waals surface area contributed by atoms with Gasteiger partial charge < -0.3 is 14.7 Å². The van der Waals surface area contributed by atoms with Crippen molar-refractivity contribution in [3.05, 3.63) is 41.5 Å². The van der Waals surface area contributed by atoms with Gasteiger partial charge in [-0.3, -0.25) is 14.3 Å². The summed E-state index contributed by atoms with van der Waals surface area (Å²) in [6.07, 6.45) is 1.74. The highest BCUT2D eigenvalue weighted by Gasteiger charge is 2.39. The van der Waals surface area contributed by atoms with Crippen LogP contribution in [0.4, 0.5) is 0 Å². The Labute approximate surface area is 150 Å². The summed E-state index contributed by atoms with van der Waals surface area (Å²) in [5, 5.41) is 17.2. The number of aliphatic carboxylic acids is 1. The lowest BCUT2D eigenvalue weighted by atomic mass is 9.91. The van der Waals surface area contributed by atoms with Crippen LogP contribution in [0.15, 0.2) is 24.4 Å². The third-order valence-corrected chi connectivity index (χ3v) is 4.48. The van der Waals surface area contributed by atoms with E-state index in [1.165, 1.54) is 0 Å². The second-order valence-electron chi connectivity index (χ2n) is 6.44. The topological polar surface area (TPSA) is 110 Å². The first kappa shape index (κ1) is 18.0. The highest BCUT2D eigenvalue weighted by Crippen LogP contribution is 2.34. The molecule has 1 aliphatic heterocycles. The Bertz CT molecular complexity index is 806. The summed E-state index contributed by atoms with van der Waals surface area (Å²) >= 11 is 0. The number of likely N-dealkylation sites (tertiary alicyclic amines) is 1. The lowest BCUT2D eigenvalue weighted by Crippen LogP contribution is -2.30. The maximum Gasteiger partial charge on any atom is 0.303 e. The number of rotatable bonds is 6. The number of carboxylic acid groups (broad SMARTS) is 1. The average molecular weight is 359 g/mol. The summed E-state index contributed by atoms with van der Waals surface area (Å²) < 4.78 is 6.63. The first-order chi connectivity index (χ1) is 12.5. The first-order valence-electron chi connectivity index (χ1n) is 8.30. The van der Waals surface area contributed by atoms with Crippen LogP contribution in [0.25, 0.3) is 0 Å². The third kappa shape index (κ3) is 3.88. The van der Waals surface area contributed by atoms with Crippen molar-refractivity contribution >= 4 is 11.9 Å². The number of ether oxygens (including phenoxy) is 1. The zero-order valence-corrected chi connectivity index (χ0v) is 14.7. The molecule has 1 aliphatic rings. The van der Waals surface area contributed by atoms with Gasteiger partial charge >= 0.3 is 5.97 Å². The molecule has 0 bridgehead atoms. The number of aromatic nitrogens is 4. The Kier molecular flexibility index (Phi) is 5.27. The van der Waals surface area contributed by atoms with Crippen LogP contribution in [-0.4, -0.2) is 62.1 Å². The second kappa shape index (κ2) is 7.61. The highest BCUT2D eigenvalue weighted by molar-refractivity contribution is 5.92. The Morgan fingerprint density at radius 2 is 2.15 bits per heavy atom. The van der Waals surface area contributed by atoms with Crippen LogP contribution in [0.1, 0.15) is 34.2 Å². The van der Waals surface area contributed by atoms with Crippen molar-refractivity contribution in [1.29, 1.82) is 0 Å². The summed E-state index contributed by atoms with van der Waals surface area (Å²) in [5.74, 6) is -1.48. The van der Waals surface area contributed by atoms with Crippen LogP contribution >= 0.6 is 0 Å². The molecule has 1 amide bonds. The van der Waals surface area contributed by atoms with E-state index in [4.69, 9.17) is 4.74 Å². The molecule has 2 aromatic rings. The van der Waals surface area contributed by atoms with Gasteiger partial charge in [0, 0.05) is 39.4 Å². The number of aryl methyl sites for hydroxylation is 1. The van der Waals surface area contributed by atoms with E-state index in [2.05, 4.69) is 15.3 Å². The maximum atomic E-state index is 12.9. The van der Waals surface area contributed by atoms with Crippen LogP contribution in [0, 0.1) is 5.92 Å². The molecule has 0 aromatic carbocycles. The van der Waals surface area contributed by atoms with E-state index in [9.17, 15) is 14.7 Å². The molecule has 0 aliphatic carbocycles. The standard InChI is InChI=1S/C17H21N5O4/c1-21-9-15(19-20-21)13-8-22(7-11(13)6-16(23)24)17(25)14-5-3-4-12(18-14)10-26-2/h3-5,9,11,13H,6-8,10H2,1-2H3,(H,23,24)/t11-,13+/m0/s1. The summed E-state index contributed by atoms with van der Waals surface area (Å²) in [7, 11) is 3.32. The molecule has 26 heavy (non-hydrogen) atoms. The van der Waals surface area contributed by atoms with Gasteiger partial charge in [0.1, 0.15) is 5.69 Å². The molecule has 0 spiro atoms. The van der Waals surface area contributed by atoms with E-state index in [0.717, 1.165) is 0 Å². The smallest absolute Gasteiger partial charge is 0.303 e. The summed E-state index contributed by atoms with van der Waals surface area (Å²) in [6.45, 7) is 1.07. The zero-order valence-electron chi connectivity index (χ0n) is 14.7. The molecule has 3 heterocycles. The van der Waals surface area contributed by atoms with Crippen molar-refractivity contribution in [3.63, 3.8) is 0 Å². The van der Waals surface area contributed by atoms with E-state index in [1.807, 2.05) is 0 Å². The molecule has 0 saturated carbocycles. The van der Waals surface area contributed by atoms with Crippen LogP contribution in [0.2, 0.25) is 0 Å². The van der Waals surface area contributed by atoms with Gasteiger partial charge in [0.05, 0.1) is 24.4 Å². The number of hydrogen-bond donors (Lipinski definition) is 1. The van der Waals surface area contributed by atoms with Gasteiger partial charge in [-0.25, -0.2) is 4.98 Å². The molecule has 2 atom stereocenters. The molecular weight excluding hydrogens is 338 g/mol. The minimum Gasteiger partial charge on any atom is -0.481 e. The quantitative estimate of drug-likeness (QED) is 0.808. The Hall–Kier alpha value is -2.81. The van der Waals surface area contributed by atoms with Gasteiger partial charge in [0.15, 0.2) is 0 Å². The minimum absolute atomic E-state index is 0.0256. The Morgan fingerprint density at radius 1 is 1.35 bits per heavy atom. The molecule has 3 rings (SSSR count). The molecule has 138 valence electrons. The van der Waals surface area contributed by atoms with Gasteiger partial charge in [-0.2, -0.15) is 0 Å². The first-order valence-corrected chi connectivity index (χ1v) is 8.30. The predicted molar refractivity (Wildman–Crippen MR) is 90.3 cm³/mol. The van der Waals surface area contributed by atoms with Crippen molar-refractivity contribution in [3.8, 4) is 0 Å². The molecular formula is C17H21N5O4. The summed E-state index contributed by atoms with van der Waals surface area (Å²) in [5.41, 5.74) is 1.70. The van der Waals surface area contributed by atoms with Crippen molar-refractivity contribution in [2.24, 2.45) is 13.0 Å². The van der Waals surface area contributed by atoms with Crippen LogP contribution in [0.5, 0.6) is 0 Å². The summed E-state index contributed by atoms with van der Waals surface area (Å²) in [4.78, 5) is 30.1. The van der Waals surface area contributed by atoms with Gasteiger partial charge in [0.25, 0.3) is 5.91 Å². The van der Waals surface area contributed by atoms with Gasteiger partial charge in [-0.15, -0.1) is 5.10 Å². The molecule has 1 N–H and O–H groups in total. The normalized spacial score (nSPS) is 19.7. The number of methoxy groups -OCH3 is 1. The fourth-order valence-corrected chi connectivity index (χ4v) is 3.33. The van der Waals surface area contributed by atoms with Gasteiger partial charge in [-0.05, 0) is 18.1 Å². The molecule has 0 radical (unpaired) electrons. The van der Waals surface area contributed by atoms with Gasteiger partial charge in [0.2, 0.25) is 0 Å². The van der Waals surface area contributed by atoms with Gasteiger partial charge in [-0.1, -0.05) is 11.3 Å². The highest BCUT2D eigenvalue weighted by atomic mass is 16.5. The molecule has 2 aromatic heterocycles. The van der Waals surface area contributed by atoms with E-state index in [-0.39, 0.29) is 24.2 Å². The lowest BCUT2D eigenvalue weighted by Gasteiger charge is -2.16. The van der Waals surface area contributed by atoms with E-state index >= 15 is 0 Å². The van der Waals surface area contributed by atoms with Crippen molar-refractivity contribution in [1.82, 2.24) is 24.9 Å². The molecule has 9 heteroatoms. The second-order valence-corrected chi connectivity index (χ2v) is 6.44. The fourth-order valence-electron chi connectivity index (χ4n) is 3.33. The van der Waals surface area contributed by atoms with Crippen LogP contribution in [0.3, 0.4) is 0 Å². The largest absolute Gasteiger partial charge is 0.481 e. The number of carboxylic acids is 1. The zero-order chi connectivity index (χ0) is 18.7. The van der Waals surface area contributed by atoms with Crippen molar-refractivity contribution < 1.29 is 19.4 Å². The Balaban J connectivity index is 1.81. The molecule has 1 saturated heterocycles. The number of carbonyl (C=O) groups is 2. The summed E-state index contributed by atoms with van der Waals surface area (Å²) in [6, 6.07) is 5.21. The lowest BCUT2D eigenvalue weighted by molar-refractivity contribution is -0.138.